The van der Waals surface area contributed by atoms with Crippen LogP contribution >= 0.6 is 0 Å². The highest BCUT2D eigenvalue weighted by atomic mass is 16.5. The minimum Gasteiger partial charge on any atom is -0.468 e. The van der Waals surface area contributed by atoms with Crippen molar-refractivity contribution in [2.24, 2.45) is 17.3 Å². The summed E-state index contributed by atoms with van der Waals surface area (Å²) in [5.41, 5.74) is 0.347. The normalized spacial score (nSPS) is 38.6. The molecule has 1 heterocycles. The highest BCUT2D eigenvalue weighted by molar-refractivity contribution is 5.77. The third-order valence-corrected chi connectivity index (χ3v) is 5.98. The van der Waals surface area contributed by atoms with Gasteiger partial charge >= 0.3 is 5.97 Å². The molecule has 3 aliphatic rings. The minimum atomic E-state index is 0.00215. The van der Waals surface area contributed by atoms with E-state index in [0.717, 1.165) is 6.54 Å². The van der Waals surface area contributed by atoms with Gasteiger partial charge in [-0.2, -0.15) is 0 Å². The fourth-order valence-electron chi connectivity index (χ4n) is 4.68. The van der Waals surface area contributed by atoms with Gasteiger partial charge in [-0.05, 0) is 30.1 Å². The van der Waals surface area contributed by atoms with Gasteiger partial charge < -0.3 is 4.74 Å². The molecule has 2 saturated carbocycles. The van der Waals surface area contributed by atoms with E-state index in [4.69, 9.17) is 4.74 Å². The Morgan fingerprint density at radius 3 is 2.37 bits per heavy atom. The molecule has 3 heteroatoms. The lowest BCUT2D eigenvalue weighted by Gasteiger charge is -2.35. The van der Waals surface area contributed by atoms with Crippen molar-refractivity contribution in [1.29, 1.82) is 0 Å². The Balaban J connectivity index is 1.76. The number of fused-ring (bicyclic) bond motifs is 1. The maximum Gasteiger partial charge on any atom is 0.323 e. The molecule has 3 nitrogen and oxygen atoms in total. The zero-order valence-electron chi connectivity index (χ0n) is 12.5. The van der Waals surface area contributed by atoms with Crippen molar-refractivity contribution in [3.8, 4) is 0 Å². The molecule has 3 atom stereocenters. The molecular weight excluding hydrogens is 238 g/mol. The molecule has 0 aromatic rings. The third kappa shape index (κ3) is 2.10. The van der Waals surface area contributed by atoms with E-state index < -0.39 is 0 Å². The Hall–Kier alpha value is -0.570. The van der Waals surface area contributed by atoms with Gasteiger partial charge in [-0.15, -0.1) is 0 Å². The Morgan fingerprint density at radius 1 is 1.16 bits per heavy atom. The number of likely N-dealkylation sites (tertiary alicyclic amines) is 1. The number of carbonyl (C=O) groups is 1. The first-order chi connectivity index (χ1) is 9.07. The van der Waals surface area contributed by atoms with Crippen molar-refractivity contribution in [3.05, 3.63) is 0 Å². The summed E-state index contributed by atoms with van der Waals surface area (Å²) in [6.45, 7) is 5.73. The van der Waals surface area contributed by atoms with E-state index in [-0.39, 0.29) is 12.0 Å². The fraction of sp³-hybridized carbons (Fsp3) is 0.938. The number of hydrogen-bond acceptors (Lipinski definition) is 3. The minimum absolute atomic E-state index is 0.00215. The standard InChI is InChI=1S/C16H27NO2/c1-16(2)12-10-17(11-8-6-4-5-7-9-11)14(13(12)16)15(18)19-3/h11-14H,4-10H2,1-3H3/t12-,13-,14-/m0/s1. The SMILES string of the molecule is COC(=O)[C@@H]1[C@@H]2[C@H](CN1C1CCCCCC1)C2(C)C. The first-order valence-corrected chi connectivity index (χ1v) is 7.91. The molecule has 0 radical (unpaired) electrons. The van der Waals surface area contributed by atoms with Crippen molar-refractivity contribution in [1.82, 2.24) is 4.90 Å². The van der Waals surface area contributed by atoms with E-state index in [1.165, 1.54) is 45.6 Å². The van der Waals surface area contributed by atoms with Crippen molar-refractivity contribution in [3.63, 3.8) is 0 Å². The van der Waals surface area contributed by atoms with E-state index >= 15 is 0 Å². The van der Waals surface area contributed by atoms with Gasteiger partial charge in [0.1, 0.15) is 6.04 Å². The van der Waals surface area contributed by atoms with Gasteiger partial charge in [0.25, 0.3) is 0 Å². The molecule has 0 unspecified atom stereocenters. The van der Waals surface area contributed by atoms with Crippen LogP contribution in [0.15, 0.2) is 0 Å². The quantitative estimate of drug-likeness (QED) is 0.568. The molecule has 0 spiro atoms. The maximum atomic E-state index is 12.2. The van der Waals surface area contributed by atoms with Gasteiger partial charge in [0.2, 0.25) is 0 Å². The molecule has 0 amide bonds. The molecule has 3 fully saturated rings. The number of methoxy groups -OCH3 is 1. The Bertz CT molecular complexity index is 358. The summed E-state index contributed by atoms with van der Waals surface area (Å²) in [7, 11) is 1.54. The summed E-state index contributed by atoms with van der Waals surface area (Å²) < 4.78 is 5.10. The van der Waals surface area contributed by atoms with Crippen LogP contribution in [-0.4, -0.2) is 36.6 Å². The van der Waals surface area contributed by atoms with Crippen molar-refractivity contribution >= 4 is 5.97 Å². The second-order valence-corrected chi connectivity index (χ2v) is 7.26. The zero-order chi connectivity index (χ0) is 13.6. The highest BCUT2D eigenvalue weighted by Crippen LogP contribution is 2.65. The Kier molecular flexibility index (Phi) is 3.36. The molecule has 0 bridgehead atoms. The number of hydrogen-bond donors (Lipinski definition) is 0. The largest absolute Gasteiger partial charge is 0.468 e. The highest BCUT2D eigenvalue weighted by Gasteiger charge is 2.69. The lowest BCUT2D eigenvalue weighted by atomic mass is 9.97. The topological polar surface area (TPSA) is 29.5 Å². The second kappa shape index (κ2) is 4.76. The number of nitrogens with zero attached hydrogens (tertiary/aromatic N) is 1. The van der Waals surface area contributed by atoms with E-state index in [9.17, 15) is 4.79 Å². The van der Waals surface area contributed by atoms with Crippen LogP contribution in [0.5, 0.6) is 0 Å². The van der Waals surface area contributed by atoms with Crippen molar-refractivity contribution < 1.29 is 9.53 Å². The summed E-state index contributed by atoms with van der Waals surface area (Å²) >= 11 is 0. The van der Waals surface area contributed by atoms with Crippen LogP contribution in [0.2, 0.25) is 0 Å². The van der Waals surface area contributed by atoms with Crippen LogP contribution in [-0.2, 0) is 9.53 Å². The van der Waals surface area contributed by atoms with Gasteiger partial charge in [0.15, 0.2) is 0 Å². The van der Waals surface area contributed by atoms with Gasteiger partial charge in [-0.1, -0.05) is 39.5 Å². The lowest BCUT2D eigenvalue weighted by molar-refractivity contribution is -0.148. The smallest absolute Gasteiger partial charge is 0.323 e. The summed E-state index contributed by atoms with van der Waals surface area (Å²) in [6.07, 6.45) is 7.93. The van der Waals surface area contributed by atoms with Gasteiger partial charge in [0.05, 0.1) is 7.11 Å². The predicted octanol–water partition coefficient (Wildman–Crippen LogP) is 2.84. The summed E-state index contributed by atoms with van der Waals surface area (Å²) in [5, 5.41) is 0. The molecular formula is C16H27NO2. The number of ether oxygens (including phenoxy) is 1. The van der Waals surface area contributed by atoms with Crippen LogP contribution in [0.3, 0.4) is 0 Å². The Labute approximate surface area is 116 Å². The summed E-state index contributed by atoms with van der Waals surface area (Å²) in [6, 6.07) is 0.656. The fourth-order valence-corrected chi connectivity index (χ4v) is 4.68. The van der Waals surface area contributed by atoms with E-state index in [1.807, 2.05) is 0 Å². The number of esters is 1. The van der Waals surface area contributed by atoms with E-state index in [0.29, 0.717) is 23.3 Å². The maximum absolute atomic E-state index is 12.2. The van der Waals surface area contributed by atoms with Crippen molar-refractivity contribution in [2.45, 2.75) is 64.5 Å². The molecule has 0 N–H and O–H groups in total. The lowest BCUT2D eigenvalue weighted by Crippen LogP contribution is -2.47. The molecule has 1 aliphatic heterocycles. The second-order valence-electron chi connectivity index (χ2n) is 7.26. The van der Waals surface area contributed by atoms with Crippen molar-refractivity contribution in [2.75, 3.05) is 13.7 Å². The molecule has 3 rings (SSSR count). The third-order valence-electron chi connectivity index (χ3n) is 5.98. The molecule has 108 valence electrons. The van der Waals surface area contributed by atoms with Crippen LogP contribution in [0.4, 0.5) is 0 Å². The summed E-state index contributed by atoms with van der Waals surface area (Å²) in [4.78, 5) is 14.7. The average Bonchev–Trinajstić information content (AvgIpc) is 2.81. The molecule has 2 aliphatic carbocycles. The number of piperidine rings is 1. The monoisotopic (exact) mass is 265 g/mol. The van der Waals surface area contributed by atoms with Gasteiger partial charge in [-0.25, -0.2) is 0 Å². The molecule has 19 heavy (non-hydrogen) atoms. The van der Waals surface area contributed by atoms with Crippen LogP contribution in [0, 0.1) is 17.3 Å². The Morgan fingerprint density at radius 2 is 1.79 bits per heavy atom. The number of rotatable bonds is 2. The van der Waals surface area contributed by atoms with Gasteiger partial charge in [-0.3, -0.25) is 9.69 Å². The summed E-state index contributed by atoms with van der Waals surface area (Å²) in [5.74, 6) is 1.24. The first kappa shape index (κ1) is 13.4. The zero-order valence-corrected chi connectivity index (χ0v) is 12.5. The molecule has 1 saturated heterocycles. The average molecular weight is 265 g/mol. The van der Waals surface area contributed by atoms with E-state index in [2.05, 4.69) is 18.7 Å². The molecule has 0 aromatic heterocycles. The predicted molar refractivity (Wildman–Crippen MR) is 74.8 cm³/mol. The number of carbonyl (C=O) groups excluding carboxylic acids is 1. The molecule has 0 aromatic carbocycles. The first-order valence-electron chi connectivity index (χ1n) is 7.91. The van der Waals surface area contributed by atoms with Crippen LogP contribution < -0.4 is 0 Å². The van der Waals surface area contributed by atoms with Gasteiger partial charge in [0, 0.05) is 12.6 Å². The van der Waals surface area contributed by atoms with Crippen LogP contribution in [0.1, 0.15) is 52.4 Å². The van der Waals surface area contributed by atoms with E-state index in [1.54, 1.807) is 0 Å². The van der Waals surface area contributed by atoms with Crippen LogP contribution in [0.25, 0.3) is 0 Å².